The zero-order valence-corrected chi connectivity index (χ0v) is 17.1. The molecule has 4 aromatic rings. The highest BCUT2D eigenvalue weighted by Gasteiger charge is 2.12. The lowest BCUT2D eigenvalue weighted by atomic mass is 10.1. The molecule has 1 aromatic heterocycles. The van der Waals surface area contributed by atoms with Gasteiger partial charge < -0.3 is 15.2 Å². The van der Waals surface area contributed by atoms with E-state index < -0.39 is 23.4 Å². The number of halogens is 3. The summed E-state index contributed by atoms with van der Waals surface area (Å²) in [4.78, 5) is 28.6. The van der Waals surface area contributed by atoms with Gasteiger partial charge in [-0.3, -0.25) is 9.59 Å². The van der Waals surface area contributed by atoms with E-state index in [0.717, 1.165) is 17.7 Å². The van der Waals surface area contributed by atoms with Crippen LogP contribution in [0.1, 0.15) is 26.4 Å². The lowest BCUT2D eigenvalue weighted by molar-refractivity contribution is 0.101. The number of benzene rings is 3. The predicted molar refractivity (Wildman–Crippen MR) is 116 cm³/mol. The van der Waals surface area contributed by atoms with Gasteiger partial charge >= 0.3 is 0 Å². The van der Waals surface area contributed by atoms with Crippen LogP contribution in [0.15, 0.2) is 79.3 Å². The minimum Gasteiger partial charge on any atom is -0.332 e. The van der Waals surface area contributed by atoms with Crippen molar-refractivity contribution in [3.8, 4) is 0 Å². The lowest BCUT2D eigenvalue weighted by Gasteiger charge is -2.07. The maximum atomic E-state index is 13.3. The Hall–Kier alpha value is -4.40. The number of nitrogens with zero attached hydrogens (tertiary/aromatic N) is 2. The van der Waals surface area contributed by atoms with Crippen LogP contribution in [-0.2, 0) is 6.54 Å². The van der Waals surface area contributed by atoms with E-state index in [0.29, 0.717) is 17.8 Å². The van der Waals surface area contributed by atoms with Gasteiger partial charge in [-0.2, -0.15) is 0 Å². The van der Waals surface area contributed by atoms with E-state index in [4.69, 9.17) is 0 Å². The molecule has 4 rings (SSSR count). The van der Waals surface area contributed by atoms with Gasteiger partial charge in [-0.15, -0.1) is 0 Å². The van der Waals surface area contributed by atoms with Crippen molar-refractivity contribution >= 4 is 23.2 Å². The number of aromatic nitrogens is 2. The second-order valence-electron chi connectivity index (χ2n) is 7.17. The second-order valence-corrected chi connectivity index (χ2v) is 7.17. The maximum absolute atomic E-state index is 13.3. The highest BCUT2D eigenvalue weighted by atomic mass is 19.2. The molecule has 6 nitrogen and oxygen atoms in total. The van der Waals surface area contributed by atoms with Crippen LogP contribution in [0.5, 0.6) is 0 Å². The van der Waals surface area contributed by atoms with Gasteiger partial charge in [0.15, 0.2) is 11.6 Å². The molecule has 0 bridgehead atoms. The van der Waals surface area contributed by atoms with E-state index in [2.05, 4.69) is 15.6 Å². The third-order valence-corrected chi connectivity index (χ3v) is 4.73. The Morgan fingerprint density at radius 1 is 0.788 bits per heavy atom. The Bertz CT molecular complexity index is 1300. The number of imidazole rings is 1. The molecule has 9 heteroatoms. The van der Waals surface area contributed by atoms with Crippen LogP contribution in [0.3, 0.4) is 0 Å². The molecular weight excluding hydrogens is 433 g/mol. The summed E-state index contributed by atoms with van der Waals surface area (Å²) in [5.74, 6) is -3.39. The Kier molecular flexibility index (Phi) is 6.21. The molecule has 0 unspecified atom stereocenters. The zero-order chi connectivity index (χ0) is 23.4. The van der Waals surface area contributed by atoms with E-state index in [9.17, 15) is 22.8 Å². The maximum Gasteiger partial charge on any atom is 0.275 e. The van der Waals surface area contributed by atoms with Crippen molar-refractivity contribution in [3.05, 3.63) is 114 Å². The highest BCUT2D eigenvalue weighted by Crippen LogP contribution is 2.15. The van der Waals surface area contributed by atoms with Crippen LogP contribution < -0.4 is 10.6 Å². The van der Waals surface area contributed by atoms with E-state index in [-0.39, 0.29) is 17.3 Å². The first-order chi connectivity index (χ1) is 15.9. The van der Waals surface area contributed by atoms with E-state index in [1.807, 2.05) is 0 Å². The molecule has 0 radical (unpaired) electrons. The summed E-state index contributed by atoms with van der Waals surface area (Å²) in [6.45, 7) is 0.414. The molecule has 166 valence electrons. The Balaban J connectivity index is 1.35. The molecule has 0 spiro atoms. The minimum atomic E-state index is -1.06. The molecule has 0 aliphatic heterocycles. The molecule has 0 aliphatic rings. The van der Waals surface area contributed by atoms with Crippen LogP contribution >= 0.6 is 0 Å². The summed E-state index contributed by atoms with van der Waals surface area (Å²) in [7, 11) is 0. The van der Waals surface area contributed by atoms with Gasteiger partial charge in [-0.05, 0) is 54.1 Å². The van der Waals surface area contributed by atoms with Crippen molar-refractivity contribution in [2.24, 2.45) is 0 Å². The molecule has 2 N–H and O–H groups in total. The molecule has 2 amide bonds. The molecule has 0 saturated heterocycles. The van der Waals surface area contributed by atoms with E-state index in [1.54, 1.807) is 28.8 Å². The van der Waals surface area contributed by atoms with Gasteiger partial charge in [0.2, 0.25) is 0 Å². The van der Waals surface area contributed by atoms with Gasteiger partial charge in [0.25, 0.3) is 11.8 Å². The lowest BCUT2D eigenvalue weighted by Crippen LogP contribution is -2.12. The van der Waals surface area contributed by atoms with Crippen LogP contribution in [0.2, 0.25) is 0 Å². The van der Waals surface area contributed by atoms with Crippen molar-refractivity contribution in [1.82, 2.24) is 9.55 Å². The highest BCUT2D eigenvalue weighted by molar-refractivity contribution is 6.04. The molecular formula is C24H17F3N4O2. The molecule has 0 aliphatic carbocycles. The van der Waals surface area contributed by atoms with Crippen LogP contribution in [0, 0.1) is 17.5 Å². The summed E-state index contributed by atoms with van der Waals surface area (Å²) < 4.78 is 41.0. The van der Waals surface area contributed by atoms with Crippen LogP contribution in [0.25, 0.3) is 0 Å². The fraction of sp³-hybridized carbons (Fsp3) is 0.0417. The molecule has 0 fully saturated rings. The first-order valence-corrected chi connectivity index (χ1v) is 9.81. The number of carbonyl (C=O) groups excluding carboxylic acids is 2. The summed E-state index contributed by atoms with van der Waals surface area (Å²) in [6.07, 6.45) is 3.00. The molecule has 0 atom stereocenters. The second kappa shape index (κ2) is 9.39. The largest absolute Gasteiger partial charge is 0.332 e. The standard InChI is InChI=1S/C24H17F3N4O2/c25-17-5-3-16(4-6-17)23(32)29-18-7-1-15(2-8-18)12-31-13-22(28-14-31)24(33)30-19-9-10-20(26)21(27)11-19/h1-11,13-14H,12H2,(H,29,32)(H,30,33). The van der Waals surface area contributed by atoms with Gasteiger partial charge in [0.05, 0.1) is 6.33 Å². The summed E-state index contributed by atoms with van der Waals surface area (Å²) in [6, 6.07) is 15.4. The number of rotatable bonds is 6. The number of carbonyl (C=O) groups is 2. The SMILES string of the molecule is O=C(Nc1ccc(Cn2cnc(C(=O)Nc3ccc(F)c(F)c3)c2)cc1)c1ccc(F)cc1. The van der Waals surface area contributed by atoms with Crippen LogP contribution in [0.4, 0.5) is 24.5 Å². The number of nitrogens with one attached hydrogen (secondary N) is 2. The van der Waals surface area contributed by atoms with Gasteiger partial charge in [0.1, 0.15) is 11.5 Å². The number of amides is 2. The van der Waals surface area contributed by atoms with Gasteiger partial charge in [-0.25, -0.2) is 18.2 Å². The molecule has 1 heterocycles. The normalized spacial score (nSPS) is 10.6. The molecule has 0 saturated carbocycles. The van der Waals surface area contributed by atoms with Crippen molar-refractivity contribution < 1.29 is 22.8 Å². The van der Waals surface area contributed by atoms with E-state index in [1.165, 1.54) is 42.9 Å². The Labute approximate surface area is 186 Å². The van der Waals surface area contributed by atoms with Crippen LogP contribution in [-0.4, -0.2) is 21.4 Å². The minimum absolute atomic E-state index is 0.114. The monoisotopic (exact) mass is 450 g/mol. The topological polar surface area (TPSA) is 76.0 Å². The van der Waals surface area contributed by atoms with Crippen molar-refractivity contribution in [2.75, 3.05) is 10.6 Å². The summed E-state index contributed by atoms with van der Waals surface area (Å²) >= 11 is 0. The van der Waals surface area contributed by atoms with Gasteiger partial charge in [-0.1, -0.05) is 12.1 Å². The summed E-state index contributed by atoms with van der Waals surface area (Å²) in [5, 5.41) is 5.20. The number of anilines is 2. The van der Waals surface area contributed by atoms with E-state index >= 15 is 0 Å². The smallest absolute Gasteiger partial charge is 0.275 e. The average molecular weight is 450 g/mol. The number of hydrogen-bond donors (Lipinski definition) is 2. The van der Waals surface area contributed by atoms with Crippen molar-refractivity contribution in [1.29, 1.82) is 0 Å². The quantitative estimate of drug-likeness (QED) is 0.441. The fourth-order valence-electron chi connectivity index (χ4n) is 3.04. The third kappa shape index (κ3) is 5.45. The summed E-state index contributed by atoms with van der Waals surface area (Å²) in [5.41, 5.74) is 2.03. The zero-order valence-electron chi connectivity index (χ0n) is 17.1. The number of hydrogen-bond acceptors (Lipinski definition) is 3. The van der Waals surface area contributed by atoms with Gasteiger partial charge in [0, 0.05) is 35.7 Å². The van der Waals surface area contributed by atoms with Crippen molar-refractivity contribution in [3.63, 3.8) is 0 Å². The van der Waals surface area contributed by atoms with Crippen molar-refractivity contribution in [2.45, 2.75) is 6.54 Å². The third-order valence-electron chi connectivity index (χ3n) is 4.73. The first kappa shape index (κ1) is 21.8. The molecule has 3 aromatic carbocycles. The molecule has 33 heavy (non-hydrogen) atoms. The average Bonchev–Trinajstić information content (AvgIpc) is 3.27. The Morgan fingerprint density at radius 2 is 1.45 bits per heavy atom. The fourth-order valence-corrected chi connectivity index (χ4v) is 3.04. The predicted octanol–water partition coefficient (Wildman–Crippen LogP) is 4.85. The Morgan fingerprint density at radius 3 is 2.15 bits per heavy atom. The first-order valence-electron chi connectivity index (χ1n) is 9.81.